The van der Waals surface area contributed by atoms with Crippen molar-refractivity contribution < 1.29 is 9.59 Å². The molecule has 2 aliphatic rings. The fourth-order valence-corrected chi connectivity index (χ4v) is 3.68. The number of hydrogen-bond donors (Lipinski definition) is 2. The molecule has 2 fully saturated rings. The van der Waals surface area contributed by atoms with E-state index in [0.717, 1.165) is 18.8 Å². The molecular weight excluding hydrogens is 356 g/mol. The number of anilines is 2. The number of likely N-dealkylation sites (tertiary alicyclic amines) is 1. The molecule has 2 amide bonds. The van der Waals surface area contributed by atoms with E-state index in [1.807, 2.05) is 6.07 Å². The zero-order valence-electron chi connectivity index (χ0n) is 15.2. The predicted molar refractivity (Wildman–Crippen MR) is 102 cm³/mol. The Morgan fingerprint density at radius 2 is 2.19 bits per heavy atom. The van der Waals surface area contributed by atoms with Gasteiger partial charge in [-0.05, 0) is 18.4 Å². The lowest BCUT2D eigenvalue weighted by Crippen LogP contribution is -2.46. The minimum absolute atomic E-state index is 0. The van der Waals surface area contributed by atoms with Crippen LogP contribution in [-0.4, -0.2) is 58.9 Å². The highest BCUT2D eigenvalue weighted by Gasteiger charge is 2.36. The molecule has 1 aromatic rings. The zero-order chi connectivity index (χ0) is 18.0. The minimum atomic E-state index is -0.0880. The maximum Gasteiger partial charge on any atom is 0.239 e. The summed E-state index contributed by atoms with van der Waals surface area (Å²) >= 11 is 0. The van der Waals surface area contributed by atoms with Crippen molar-refractivity contribution in [1.29, 1.82) is 0 Å². The molecule has 0 bridgehead atoms. The summed E-state index contributed by atoms with van der Waals surface area (Å²) in [6.07, 6.45) is 3.04. The maximum atomic E-state index is 12.4. The lowest BCUT2D eigenvalue weighted by molar-refractivity contribution is -0.133. The van der Waals surface area contributed by atoms with Gasteiger partial charge in [0.15, 0.2) is 0 Å². The fourth-order valence-electron chi connectivity index (χ4n) is 3.68. The molecule has 2 aliphatic heterocycles. The number of halogens is 1. The Bertz CT molecular complexity index is 656. The van der Waals surface area contributed by atoms with E-state index in [2.05, 4.69) is 34.0 Å². The van der Waals surface area contributed by atoms with Gasteiger partial charge in [-0.3, -0.25) is 9.59 Å². The van der Waals surface area contributed by atoms with Gasteiger partial charge in [-0.25, -0.2) is 4.98 Å². The topological polar surface area (TPSA) is 104 Å². The first-order valence-electron chi connectivity index (χ1n) is 8.84. The molecule has 0 unspecified atom stereocenters. The Balaban J connectivity index is 0.00000243. The molecule has 26 heavy (non-hydrogen) atoms. The Morgan fingerprint density at radius 1 is 1.42 bits per heavy atom. The standard InChI is InChI=1S/C17H26N6O2.ClH/c1-11(2)12-8-23(14-5-6-19-17(18)21-14)9-13(12)20-15(24)10-22-7-3-4-16(22)25;/h5-6,11-13H,3-4,7-10H2,1-2H3,(H,20,24)(H2,18,19,21);1H/t12-,13+;/m1./s1. The quantitative estimate of drug-likeness (QED) is 0.776. The maximum absolute atomic E-state index is 12.4. The van der Waals surface area contributed by atoms with Gasteiger partial charge >= 0.3 is 0 Å². The monoisotopic (exact) mass is 382 g/mol. The Morgan fingerprint density at radius 3 is 2.81 bits per heavy atom. The van der Waals surface area contributed by atoms with E-state index in [1.165, 1.54) is 0 Å². The summed E-state index contributed by atoms with van der Waals surface area (Å²) in [4.78, 5) is 36.1. The molecule has 2 saturated heterocycles. The summed E-state index contributed by atoms with van der Waals surface area (Å²) < 4.78 is 0. The average Bonchev–Trinajstić information content (AvgIpc) is 3.14. The van der Waals surface area contributed by atoms with E-state index in [9.17, 15) is 9.59 Å². The van der Waals surface area contributed by atoms with Crippen LogP contribution in [0.1, 0.15) is 26.7 Å². The third-order valence-corrected chi connectivity index (χ3v) is 5.06. The molecule has 3 heterocycles. The lowest BCUT2D eigenvalue weighted by Gasteiger charge is -2.24. The van der Waals surface area contributed by atoms with Gasteiger partial charge in [-0.1, -0.05) is 13.8 Å². The summed E-state index contributed by atoms with van der Waals surface area (Å²) in [7, 11) is 0. The van der Waals surface area contributed by atoms with Crippen molar-refractivity contribution >= 4 is 36.0 Å². The van der Waals surface area contributed by atoms with Crippen molar-refractivity contribution in [2.45, 2.75) is 32.7 Å². The van der Waals surface area contributed by atoms with Crippen LogP contribution in [-0.2, 0) is 9.59 Å². The van der Waals surface area contributed by atoms with Crippen molar-refractivity contribution in [3.63, 3.8) is 0 Å². The normalized spacial score (nSPS) is 22.7. The van der Waals surface area contributed by atoms with E-state index in [1.54, 1.807) is 11.1 Å². The molecule has 8 nitrogen and oxygen atoms in total. The predicted octanol–water partition coefficient (Wildman–Crippen LogP) is 0.680. The van der Waals surface area contributed by atoms with Gasteiger partial charge in [0, 0.05) is 38.2 Å². The molecule has 3 rings (SSSR count). The van der Waals surface area contributed by atoms with Crippen LogP contribution in [0.3, 0.4) is 0 Å². The minimum Gasteiger partial charge on any atom is -0.368 e. The van der Waals surface area contributed by atoms with Gasteiger partial charge in [0.05, 0.1) is 12.6 Å². The first-order chi connectivity index (χ1) is 11.9. The summed E-state index contributed by atoms with van der Waals surface area (Å²) in [5, 5.41) is 3.12. The van der Waals surface area contributed by atoms with Crippen molar-refractivity contribution in [2.75, 3.05) is 36.8 Å². The lowest BCUT2D eigenvalue weighted by atomic mass is 9.91. The fraction of sp³-hybridized carbons (Fsp3) is 0.647. The molecule has 144 valence electrons. The first-order valence-corrected chi connectivity index (χ1v) is 8.84. The molecular formula is C17H27ClN6O2. The van der Waals surface area contributed by atoms with E-state index in [4.69, 9.17) is 5.73 Å². The SMILES string of the molecule is CC(C)[C@H]1CN(c2ccnc(N)n2)C[C@@H]1NC(=O)CN1CCCC1=O.Cl. The number of nitrogen functional groups attached to an aromatic ring is 1. The molecule has 0 aliphatic carbocycles. The second-order valence-electron chi connectivity index (χ2n) is 7.18. The number of rotatable bonds is 5. The second kappa shape index (κ2) is 8.53. The Labute approximate surface area is 159 Å². The van der Waals surface area contributed by atoms with Crippen molar-refractivity contribution in [3.05, 3.63) is 12.3 Å². The summed E-state index contributed by atoms with van der Waals surface area (Å²) in [5.41, 5.74) is 5.68. The third-order valence-electron chi connectivity index (χ3n) is 5.06. The van der Waals surface area contributed by atoms with Crippen LogP contribution in [0.2, 0.25) is 0 Å². The van der Waals surface area contributed by atoms with Crippen LogP contribution in [0.25, 0.3) is 0 Å². The van der Waals surface area contributed by atoms with E-state index in [0.29, 0.717) is 31.3 Å². The van der Waals surface area contributed by atoms with Gasteiger partial charge in [-0.2, -0.15) is 4.98 Å². The number of amides is 2. The summed E-state index contributed by atoms with van der Waals surface area (Å²) in [6, 6.07) is 1.86. The Kier molecular flexibility index (Phi) is 6.63. The smallest absolute Gasteiger partial charge is 0.239 e. The van der Waals surface area contributed by atoms with Gasteiger partial charge in [0.25, 0.3) is 0 Å². The number of hydrogen-bond acceptors (Lipinski definition) is 6. The second-order valence-corrected chi connectivity index (χ2v) is 7.18. The van der Waals surface area contributed by atoms with Crippen LogP contribution in [0.15, 0.2) is 12.3 Å². The van der Waals surface area contributed by atoms with Gasteiger partial charge in [-0.15, -0.1) is 12.4 Å². The van der Waals surface area contributed by atoms with Gasteiger partial charge in [0.2, 0.25) is 17.8 Å². The number of nitrogens with zero attached hydrogens (tertiary/aromatic N) is 4. The van der Waals surface area contributed by atoms with E-state index < -0.39 is 0 Å². The summed E-state index contributed by atoms with van der Waals surface area (Å²) in [6.45, 7) is 6.63. The van der Waals surface area contributed by atoms with Crippen molar-refractivity contribution in [1.82, 2.24) is 20.2 Å². The molecule has 2 atom stereocenters. The average molecular weight is 383 g/mol. The molecule has 1 aromatic heterocycles. The number of carbonyl (C=O) groups excluding carboxylic acids is 2. The Hall–Kier alpha value is -2.09. The number of nitrogens with two attached hydrogens (primary N) is 1. The van der Waals surface area contributed by atoms with Crippen LogP contribution in [0.5, 0.6) is 0 Å². The molecule has 0 spiro atoms. The van der Waals surface area contributed by atoms with Crippen LogP contribution in [0, 0.1) is 11.8 Å². The van der Waals surface area contributed by atoms with E-state index in [-0.39, 0.29) is 42.8 Å². The van der Waals surface area contributed by atoms with Gasteiger partial charge in [0.1, 0.15) is 5.82 Å². The first kappa shape index (κ1) is 20.2. The highest BCUT2D eigenvalue weighted by Crippen LogP contribution is 2.28. The largest absolute Gasteiger partial charge is 0.368 e. The number of nitrogens with one attached hydrogen (secondary N) is 1. The molecule has 0 aromatic carbocycles. The van der Waals surface area contributed by atoms with Crippen molar-refractivity contribution in [3.8, 4) is 0 Å². The highest BCUT2D eigenvalue weighted by molar-refractivity contribution is 5.86. The molecule has 0 radical (unpaired) electrons. The van der Waals surface area contributed by atoms with Crippen LogP contribution in [0.4, 0.5) is 11.8 Å². The molecule has 3 N–H and O–H groups in total. The highest BCUT2D eigenvalue weighted by atomic mass is 35.5. The molecule has 0 saturated carbocycles. The molecule has 9 heteroatoms. The zero-order valence-corrected chi connectivity index (χ0v) is 16.0. The number of carbonyl (C=O) groups is 2. The van der Waals surface area contributed by atoms with Gasteiger partial charge < -0.3 is 20.9 Å². The summed E-state index contributed by atoms with van der Waals surface area (Å²) in [5.74, 6) is 1.75. The van der Waals surface area contributed by atoms with E-state index >= 15 is 0 Å². The number of aromatic nitrogens is 2. The van der Waals surface area contributed by atoms with Crippen molar-refractivity contribution in [2.24, 2.45) is 11.8 Å². The van der Waals surface area contributed by atoms with Crippen LogP contribution >= 0.6 is 12.4 Å². The van der Waals surface area contributed by atoms with Crippen LogP contribution < -0.4 is 16.0 Å². The third kappa shape index (κ3) is 4.55.